The molecule has 1 saturated heterocycles. The number of thioether (sulfide) groups is 1. The van der Waals surface area contributed by atoms with E-state index in [1.165, 1.54) is 35.6 Å². The number of rotatable bonds is 4. The third-order valence-corrected chi connectivity index (χ3v) is 4.34. The molecule has 17 heavy (non-hydrogen) atoms. The number of aromatic nitrogens is 1. The topological polar surface area (TPSA) is 28.2 Å². The van der Waals surface area contributed by atoms with E-state index in [0.29, 0.717) is 0 Å². The second kappa shape index (κ2) is 5.27. The second-order valence-corrected chi connectivity index (χ2v) is 5.98. The summed E-state index contributed by atoms with van der Waals surface area (Å²) in [5, 5.41) is 3.59. The molecule has 1 saturated carbocycles. The van der Waals surface area contributed by atoms with Crippen LogP contribution in [0.3, 0.4) is 0 Å². The Morgan fingerprint density at radius 2 is 2.18 bits per heavy atom. The molecule has 1 N–H and O–H groups in total. The van der Waals surface area contributed by atoms with Crippen LogP contribution >= 0.6 is 11.8 Å². The Morgan fingerprint density at radius 1 is 1.35 bits per heavy atom. The van der Waals surface area contributed by atoms with Crippen LogP contribution in [-0.4, -0.2) is 35.6 Å². The third kappa shape index (κ3) is 2.93. The van der Waals surface area contributed by atoms with Crippen LogP contribution in [0.1, 0.15) is 18.4 Å². The van der Waals surface area contributed by atoms with E-state index >= 15 is 0 Å². The highest BCUT2D eigenvalue weighted by atomic mass is 32.2. The smallest absolute Gasteiger partial charge is 0.0598 e. The van der Waals surface area contributed by atoms with Gasteiger partial charge in [-0.2, -0.15) is 11.8 Å². The van der Waals surface area contributed by atoms with Gasteiger partial charge in [0.25, 0.3) is 0 Å². The molecule has 0 aromatic carbocycles. The van der Waals surface area contributed by atoms with Crippen molar-refractivity contribution in [3.05, 3.63) is 24.0 Å². The molecule has 1 aromatic heterocycles. The van der Waals surface area contributed by atoms with E-state index in [1.54, 1.807) is 0 Å². The predicted octanol–water partition coefficient (Wildman–Crippen LogP) is 1.89. The maximum Gasteiger partial charge on any atom is 0.0598 e. The summed E-state index contributed by atoms with van der Waals surface area (Å²) in [7, 11) is 0. The number of nitrogens with one attached hydrogen (secondary N) is 1. The fraction of sp³-hybridized carbons (Fsp3) is 0.615. The van der Waals surface area contributed by atoms with Gasteiger partial charge >= 0.3 is 0 Å². The van der Waals surface area contributed by atoms with E-state index in [1.807, 2.05) is 24.2 Å². The van der Waals surface area contributed by atoms with Crippen LogP contribution < -0.4 is 10.2 Å². The van der Waals surface area contributed by atoms with E-state index in [4.69, 9.17) is 0 Å². The normalized spacial score (nSPS) is 20.6. The largest absolute Gasteiger partial charge is 0.368 e. The van der Waals surface area contributed by atoms with Crippen molar-refractivity contribution in [3.8, 4) is 0 Å². The lowest BCUT2D eigenvalue weighted by atomic mass is 10.2. The second-order valence-electron chi connectivity index (χ2n) is 4.76. The van der Waals surface area contributed by atoms with Gasteiger partial charge in [-0.15, -0.1) is 0 Å². The van der Waals surface area contributed by atoms with E-state index < -0.39 is 0 Å². The molecule has 4 heteroatoms. The number of pyridine rings is 1. The molecule has 0 radical (unpaired) electrons. The Bertz CT molecular complexity index is 373. The minimum atomic E-state index is 0.771. The quantitative estimate of drug-likeness (QED) is 0.882. The molecule has 1 aliphatic heterocycles. The van der Waals surface area contributed by atoms with Gasteiger partial charge in [-0.25, -0.2) is 0 Å². The average Bonchev–Trinajstić information content (AvgIpc) is 3.22. The lowest BCUT2D eigenvalue weighted by molar-refractivity contribution is 0.683. The summed E-state index contributed by atoms with van der Waals surface area (Å²) in [4.78, 5) is 6.77. The molecule has 2 fully saturated rings. The lowest BCUT2D eigenvalue weighted by Crippen LogP contribution is -2.33. The zero-order chi connectivity index (χ0) is 11.5. The minimum absolute atomic E-state index is 0.771. The molecular weight excluding hydrogens is 230 g/mol. The van der Waals surface area contributed by atoms with Gasteiger partial charge in [-0.05, 0) is 24.5 Å². The molecule has 2 heterocycles. The molecule has 0 spiro atoms. The van der Waals surface area contributed by atoms with Gasteiger partial charge in [-0.3, -0.25) is 4.98 Å². The Hall–Kier alpha value is -0.740. The molecule has 1 aliphatic carbocycles. The zero-order valence-electron chi connectivity index (χ0n) is 10.1. The summed E-state index contributed by atoms with van der Waals surface area (Å²) in [6.07, 6.45) is 6.63. The summed E-state index contributed by atoms with van der Waals surface area (Å²) >= 11 is 2.05. The molecule has 0 amide bonds. The van der Waals surface area contributed by atoms with Crippen molar-refractivity contribution < 1.29 is 0 Å². The van der Waals surface area contributed by atoms with E-state index in [2.05, 4.69) is 21.3 Å². The van der Waals surface area contributed by atoms with Gasteiger partial charge in [0.2, 0.25) is 0 Å². The molecule has 2 aliphatic rings. The molecular formula is C13H19N3S. The highest BCUT2D eigenvalue weighted by Gasteiger charge is 2.21. The monoisotopic (exact) mass is 249 g/mol. The third-order valence-electron chi connectivity index (χ3n) is 3.40. The van der Waals surface area contributed by atoms with Crippen LogP contribution in [-0.2, 0) is 6.54 Å². The van der Waals surface area contributed by atoms with Gasteiger partial charge < -0.3 is 10.2 Å². The number of hydrogen-bond acceptors (Lipinski definition) is 4. The first-order valence-corrected chi connectivity index (χ1v) is 7.58. The Balaban J connectivity index is 1.71. The summed E-state index contributed by atoms with van der Waals surface area (Å²) in [6.45, 7) is 3.31. The van der Waals surface area contributed by atoms with E-state index in [9.17, 15) is 0 Å². The summed E-state index contributed by atoms with van der Waals surface area (Å²) < 4.78 is 0. The standard InChI is InChI=1S/C13H19N3S/c1-2-12(1)15-9-11-3-4-14-10-13(11)16-5-7-17-8-6-16/h3-4,10,12,15H,1-2,5-9H2. The van der Waals surface area contributed by atoms with Crippen molar-refractivity contribution in [3.63, 3.8) is 0 Å². The van der Waals surface area contributed by atoms with E-state index in [-0.39, 0.29) is 0 Å². The lowest BCUT2D eigenvalue weighted by Gasteiger charge is -2.30. The van der Waals surface area contributed by atoms with Crippen molar-refractivity contribution in [2.75, 3.05) is 29.5 Å². The zero-order valence-corrected chi connectivity index (χ0v) is 10.9. The van der Waals surface area contributed by atoms with Crippen molar-refractivity contribution >= 4 is 17.4 Å². The number of nitrogens with zero attached hydrogens (tertiary/aromatic N) is 2. The van der Waals surface area contributed by atoms with Crippen molar-refractivity contribution in [1.82, 2.24) is 10.3 Å². The van der Waals surface area contributed by atoms with Crippen LogP contribution in [0, 0.1) is 0 Å². The predicted molar refractivity (Wildman–Crippen MR) is 73.6 cm³/mol. The molecule has 92 valence electrons. The Labute approximate surface area is 107 Å². The van der Waals surface area contributed by atoms with Crippen molar-refractivity contribution in [2.45, 2.75) is 25.4 Å². The Kier molecular flexibility index (Phi) is 3.52. The van der Waals surface area contributed by atoms with E-state index in [0.717, 1.165) is 25.7 Å². The molecule has 3 rings (SSSR count). The summed E-state index contributed by atoms with van der Waals surface area (Å²) in [5.41, 5.74) is 2.74. The van der Waals surface area contributed by atoms with Gasteiger partial charge in [0.05, 0.1) is 11.9 Å². The molecule has 0 unspecified atom stereocenters. The van der Waals surface area contributed by atoms with Crippen molar-refractivity contribution in [2.24, 2.45) is 0 Å². The fourth-order valence-electron chi connectivity index (χ4n) is 2.20. The first-order chi connectivity index (χ1) is 8.43. The van der Waals surface area contributed by atoms with Gasteiger partial charge in [-0.1, -0.05) is 0 Å². The molecule has 3 nitrogen and oxygen atoms in total. The van der Waals surface area contributed by atoms with Crippen LogP contribution in [0.2, 0.25) is 0 Å². The molecule has 0 atom stereocenters. The van der Waals surface area contributed by atoms with Crippen molar-refractivity contribution in [1.29, 1.82) is 0 Å². The number of anilines is 1. The fourth-order valence-corrected chi connectivity index (χ4v) is 3.10. The van der Waals surface area contributed by atoms with Gasteiger partial charge in [0.1, 0.15) is 0 Å². The van der Waals surface area contributed by atoms with Crippen LogP contribution in [0.5, 0.6) is 0 Å². The highest BCUT2D eigenvalue weighted by Crippen LogP contribution is 2.24. The SMILES string of the molecule is c1cc(CNC2CC2)c(N2CCSCC2)cn1. The maximum absolute atomic E-state index is 4.29. The highest BCUT2D eigenvalue weighted by molar-refractivity contribution is 7.99. The Morgan fingerprint density at radius 3 is 2.94 bits per heavy atom. The van der Waals surface area contributed by atoms with Gasteiger partial charge in [0.15, 0.2) is 0 Å². The van der Waals surface area contributed by atoms with Crippen LogP contribution in [0.25, 0.3) is 0 Å². The minimum Gasteiger partial charge on any atom is -0.368 e. The number of hydrogen-bond donors (Lipinski definition) is 1. The maximum atomic E-state index is 4.29. The molecule has 1 aromatic rings. The first-order valence-electron chi connectivity index (χ1n) is 6.42. The van der Waals surface area contributed by atoms with Gasteiger partial charge in [0, 0.05) is 43.4 Å². The molecule has 0 bridgehead atoms. The average molecular weight is 249 g/mol. The van der Waals surface area contributed by atoms with Crippen LogP contribution in [0.15, 0.2) is 18.5 Å². The summed E-state index contributed by atoms with van der Waals surface area (Å²) in [6, 6.07) is 2.93. The first kappa shape index (κ1) is 11.4. The van der Waals surface area contributed by atoms with Crippen LogP contribution in [0.4, 0.5) is 5.69 Å². The summed E-state index contributed by atoms with van der Waals surface area (Å²) in [5.74, 6) is 2.48.